The molecule has 4 rings (SSSR count). The molecule has 3 heterocycles. The minimum Gasteiger partial charge on any atom is -0.479 e. The topological polar surface area (TPSA) is 359 Å². The van der Waals surface area contributed by atoms with Gasteiger partial charge in [-0.2, -0.15) is 0 Å². The average Bonchev–Trinajstić information content (AvgIpc) is 3.21. The Kier molecular flexibility index (Phi) is 18.9. The van der Waals surface area contributed by atoms with E-state index in [9.17, 15) is 70.2 Å². The van der Waals surface area contributed by atoms with Gasteiger partial charge in [-0.3, -0.25) is 9.59 Å². The van der Waals surface area contributed by atoms with Gasteiger partial charge in [0.2, 0.25) is 11.8 Å². The number of aliphatic carboxylic acids is 2. The monoisotopic (exact) mass is 922 g/mol. The summed E-state index contributed by atoms with van der Waals surface area (Å²) in [5, 5.41) is 112. The third-order valence-corrected chi connectivity index (χ3v) is 12.5. The van der Waals surface area contributed by atoms with E-state index in [-0.39, 0.29) is 13.0 Å². The zero-order valence-corrected chi connectivity index (χ0v) is 36.5. The summed E-state index contributed by atoms with van der Waals surface area (Å²) in [5.41, 5.74) is 0.634. The maximum absolute atomic E-state index is 13.0. The quantitative estimate of drug-likeness (QED) is 0.0523. The summed E-state index contributed by atoms with van der Waals surface area (Å²) < 4.78 is 41.3. The standard InChI is InChI=1S/C39H62N2O21Si/c1-18(44)40-26-21(46)14-39(38(54)55,61-33(26)28(48)22(47)15-42)62-34-29(49)24(16-43)58-37(31(34)51)60-32-27(41-19(2)45)36(56-11-12-63(3,4)5)59-25(30(32)50)17-57-23(35(52)53)13-20-9-7-6-8-10-20/h6-10,21-34,36-37,42-43,46-51H,11-17H2,1-5H3,(H,40,44)(H,41,45)(H,52,53)(H,54,55)/t21-,22+,23-,24+,25+,26+,27+,28+,29-,30-,31+,32+,33+,34-,36+,37-,39-/m0/s1. The fourth-order valence-electron chi connectivity index (χ4n) is 7.41. The van der Waals surface area contributed by atoms with Gasteiger partial charge in [-0.25, -0.2) is 9.59 Å². The van der Waals surface area contributed by atoms with Gasteiger partial charge in [-0.15, -0.1) is 0 Å². The van der Waals surface area contributed by atoms with E-state index in [0.29, 0.717) is 11.6 Å². The van der Waals surface area contributed by atoms with Crippen LogP contribution in [0.15, 0.2) is 30.3 Å². The highest BCUT2D eigenvalue weighted by molar-refractivity contribution is 6.76. The molecule has 0 bridgehead atoms. The van der Waals surface area contributed by atoms with Gasteiger partial charge in [0.05, 0.1) is 32.0 Å². The molecule has 358 valence electrons. The molecule has 2 amide bonds. The predicted molar refractivity (Wildman–Crippen MR) is 214 cm³/mol. The summed E-state index contributed by atoms with van der Waals surface area (Å²) >= 11 is 0. The Morgan fingerprint density at radius 3 is 2.02 bits per heavy atom. The third kappa shape index (κ3) is 13.6. The van der Waals surface area contributed by atoms with Gasteiger partial charge < -0.3 is 94.9 Å². The van der Waals surface area contributed by atoms with Crippen molar-refractivity contribution < 1.29 is 103 Å². The maximum Gasteiger partial charge on any atom is 0.364 e. The van der Waals surface area contributed by atoms with E-state index in [1.54, 1.807) is 30.3 Å². The number of hydrogen-bond donors (Lipinski definition) is 12. The van der Waals surface area contributed by atoms with Crippen LogP contribution in [0.4, 0.5) is 0 Å². The first-order chi connectivity index (χ1) is 29.5. The fraction of sp³-hybridized carbons (Fsp3) is 0.744. The number of carbonyl (C=O) groups excluding carboxylic acids is 2. The molecule has 3 aliphatic heterocycles. The largest absolute Gasteiger partial charge is 0.479 e. The second kappa shape index (κ2) is 22.8. The number of rotatable bonds is 21. The van der Waals surface area contributed by atoms with E-state index in [1.165, 1.54) is 0 Å². The molecule has 0 unspecified atom stereocenters. The van der Waals surface area contributed by atoms with E-state index in [1.807, 2.05) is 0 Å². The number of nitrogens with one attached hydrogen (secondary N) is 2. The van der Waals surface area contributed by atoms with Crippen LogP contribution in [0.2, 0.25) is 25.7 Å². The Morgan fingerprint density at radius 1 is 0.857 bits per heavy atom. The summed E-state index contributed by atoms with van der Waals surface area (Å²) in [5.74, 6) is -7.81. The van der Waals surface area contributed by atoms with Crippen molar-refractivity contribution in [1.29, 1.82) is 0 Å². The van der Waals surface area contributed by atoms with Crippen molar-refractivity contribution in [2.75, 3.05) is 26.4 Å². The Morgan fingerprint density at radius 2 is 1.46 bits per heavy atom. The van der Waals surface area contributed by atoms with Crippen molar-refractivity contribution in [2.45, 2.75) is 156 Å². The van der Waals surface area contributed by atoms with Crippen LogP contribution in [0.1, 0.15) is 25.8 Å². The van der Waals surface area contributed by atoms with E-state index < -0.39 is 162 Å². The lowest BCUT2D eigenvalue weighted by molar-refractivity contribution is -0.381. The first-order valence-corrected chi connectivity index (χ1v) is 24.1. The Labute approximate surface area is 363 Å². The molecule has 3 saturated heterocycles. The molecule has 12 N–H and O–H groups in total. The van der Waals surface area contributed by atoms with Crippen molar-refractivity contribution >= 4 is 31.8 Å². The summed E-state index contributed by atoms with van der Waals surface area (Å²) in [6.45, 7) is 5.89. The fourth-order valence-corrected chi connectivity index (χ4v) is 8.14. The zero-order valence-electron chi connectivity index (χ0n) is 35.5. The number of ether oxygens (including phenoxy) is 7. The second-order valence-electron chi connectivity index (χ2n) is 17.1. The van der Waals surface area contributed by atoms with Crippen LogP contribution in [0, 0.1) is 0 Å². The van der Waals surface area contributed by atoms with E-state index in [0.717, 1.165) is 13.8 Å². The summed E-state index contributed by atoms with van der Waals surface area (Å²) in [6, 6.07) is 6.22. The molecule has 0 aliphatic carbocycles. The van der Waals surface area contributed by atoms with Gasteiger partial charge in [0.15, 0.2) is 18.7 Å². The van der Waals surface area contributed by atoms with Crippen LogP contribution in [-0.2, 0) is 58.8 Å². The number of amides is 2. The minimum atomic E-state index is -3.08. The summed E-state index contributed by atoms with van der Waals surface area (Å²) in [4.78, 5) is 49.9. The molecule has 1 aromatic carbocycles. The smallest absolute Gasteiger partial charge is 0.364 e. The molecule has 0 saturated carbocycles. The SMILES string of the molecule is CC(=O)N[C@H]1[C@H](OCC[Si](C)(C)C)O[C@H](CO[C@@H](Cc2ccccc2)C(=O)O)[C@H](O)[C@@H]1O[C@@H]1O[C@H](CO)[C@H](O)[C@H](O[C@]2(C(=O)O)C[C@H](O)[C@@H](NC(C)=O)[C@H]([C@H](O)[C@H](O)CO)O2)[C@H]1O. The predicted octanol–water partition coefficient (Wildman–Crippen LogP) is -4.00. The molecule has 3 fully saturated rings. The summed E-state index contributed by atoms with van der Waals surface area (Å²) in [7, 11) is -1.74. The average molecular weight is 923 g/mol. The highest BCUT2D eigenvalue weighted by atomic mass is 28.3. The molecule has 24 heteroatoms. The number of hydrogen-bond acceptors (Lipinski definition) is 19. The number of carboxylic acids is 2. The van der Waals surface area contributed by atoms with Crippen LogP contribution < -0.4 is 10.6 Å². The zero-order chi connectivity index (χ0) is 47.0. The number of carbonyl (C=O) groups is 4. The van der Waals surface area contributed by atoms with E-state index in [4.69, 9.17) is 33.2 Å². The highest BCUT2D eigenvalue weighted by Gasteiger charge is 2.60. The van der Waals surface area contributed by atoms with Crippen LogP contribution in [0.5, 0.6) is 0 Å². The minimum absolute atomic E-state index is 0.0634. The van der Waals surface area contributed by atoms with Gasteiger partial charge in [-0.1, -0.05) is 50.0 Å². The van der Waals surface area contributed by atoms with Gasteiger partial charge >= 0.3 is 11.9 Å². The molecule has 17 atom stereocenters. The van der Waals surface area contributed by atoms with Crippen LogP contribution in [0.25, 0.3) is 0 Å². The molecule has 23 nitrogen and oxygen atoms in total. The van der Waals surface area contributed by atoms with Crippen molar-refractivity contribution in [2.24, 2.45) is 0 Å². The Hall–Kier alpha value is -3.28. The Balaban J connectivity index is 1.69. The van der Waals surface area contributed by atoms with Crippen LogP contribution >= 0.6 is 0 Å². The van der Waals surface area contributed by atoms with Crippen LogP contribution in [-0.4, -0.2) is 213 Å². The lowest BCUT2D eigenvalue weighted by Crippen LogP contribution is -2.71. The number of benzene rings is 1. The molecule has 0 aromatic heterocycles. The van der Waals surface area contributed by atoms with Gasteiger partial charge in [-0.05, 0) is 11.6 Å². The van der Waals surface area contributed by atoms with Crippen LogP contribution in [0.3, 0.4) is 0 Å². The normalized spacial score (nSPS) is 35.2. The number of aliphatic hydroxyl groups excluding tert-OH is 8. The molecule has 0 spiro atoms. The Bertz CT molecular complexity index is 1660. The van der Waals surface area contributed by atoms with Gasteiger partial charge in [0.1, 0.15) is 67.1 Å². The molecular weight excluding hydrogens is 861 g/mol. The molecule has 1 aromatic rings. The molecule has 63 heavy (non-hydrogen) atoms. The first kappa shape index (κ1) is 52.3. The maximum atomic E-state index is 13.0. The first-order valence-electron chi connectivity index (χ1n) is 20.4. The van der Waals surface area contributed by atoms with Gasteiger partial charge in [0.25, 0.3) is 5.79 Å². The molecule has 3 aliphatic rings. The lowest BCUT2D eigenvalue weighted by atomic mass is 9.88. The molecule has 0 radical (unpaired) electrons. The van der Waals surface area contributed by atoms with E-state index >= 15 is 0 Å². The van der Waals surface area contributed by atoms with Crippen molar-refractivity contribution in [3.63, 3.8) is 0 Å². The van der Waals surface area contributed by atoms with Gasteiger partial charge in [0, 0.05) is 41.4 Å². The van der Waals surface area contributed by atoms with Crippen molar-refractivity contribution in [3.8, 4) is 0 Å². The highest BCUT2D eigenvalue weighted by Crippen LogP contribution is 2.38. The molecular formula is C39H62N2O21Si. The second-order valence-corrected chi connectivity index (χ2v) is 22.7. The third-order valence-electron chi connectivity index (χ3n) is 10.8. The summed E-state index contributed by atoms with van der Waals surface area (Å²) in [6.07, 6.45) is -27.2. The number of carboxylic acid groups (broad SMARTS) is 2. The lowest BCUT2D eigenvalue weighted by Gasteiger charge is -2.51. The number of aliphatic hydroxyl groups is 8. The van der Waals surface area contributed by atoms with Crippen molar-refractivity contribution in [3.05, 3.63) is 35.9 Å². The van der Waals surface area contributed by atoms with Crippen molar-refractivity contribution in [1.82, 2.24) is 10.6 Å². The van der Waals surface area contributed by atoms with E-state index in [2.05, 4.69) is 30.3 Å².